The Morgan fingerprint density at radius 2 is 2.27 bits per heavy atom. The Hall–Kier alpha value is -1.43. The van der Waals surface area contributed by atoms with Crippen LogP contribution in [0.25, 0.3) is 0 Å². The number of rotatable bonds is 5. The highest BCUT2D eigenvalue weighted by molar-refractivity contribution is 5.70. The van der Waals surface area contributed by atoms with Crippen LogP contribution in [0.3, 0.4) is 0 Å². The lowest BCUT2D eigenvalue weighted by molar-refractivity contribution is -0.141. The van der Waals surface area contributed by atoms with Gasteiger partial charge in [0.15, 0.2) is 5.82 Å². The molecule has 15 heavy (non-hydrogen) atoms. The van der Waals surface area contributed by atoms with Crippen molar-refractivity contribution in [1.29, 1.82) is 0 Å². The van der Waals surface area contributed by atoms with Gasteiger partial charge in [0.05, 0.1) is 5.92 Å². The van der Waals surface area contributed by atoms with E-state index >= 15 is 0 Å². The highest BCUT2D eigenvalue weighted by Gasteiger charge is 2.25. The average Bonchev–Trinajstić information content (AvgIpc) is 2.64. The minimum atomic E-state index is -0.881. The van der Waals surface area contributed by atoms with Crippen molar-refractivity contribution in [2.24, 2.45) is 5.92 Å². The van der Waals surface area contributed by atoms with Gasteiger partial charge in [-0.25, -0.2) is 0 Å². The molecule has 0 saturated carbocycles. The quantitative estimate of drug-likeness (QED) is 0.788. The molecule has 0 radical (unpaired) electrons. The molecule has 1 heterocycles. The van der Waals surface area contributed by atoms with Crippen molar-refractivity contribution in [1.82, 2.24) is 10.1 Å². The molecule has 0 aliphatic carbocycles. The Morgan fingerprint density at radius 1 is 1.60 bits per heavy atom. The van der Waals surface area contributed by atoms with E-state index in [0.717, 1.165) is 0 Å². The van der Waals surface area contributed by atoms with Crippen LogP contribution >= 0.6 is 0 Å². The van der Waals surface area contributed by atoms with E-state index in [4.69, 9.17) is 14.4 Å². The number of hydrogen-bond donors (Lipinski definition) is 1. The number of carboxylic acid groups (broad SMARTS) is 1. The number of aliphatic carboxylic acids is 1. The molecule has 1 aromatic heterocycles. The van der Waals surface area contributed by atoms with E-state index in [2.05, 4.69) is 10.1 Å². The monoisotopic (exact) mass is 214 g/mol. The average molecular weight is 214 g/mol. The second-order valence-corrected chi connectivity index (χ2v) is 3.40. The Balaban J connectivity index is 2.73. The Labute approximate surface area is 87.2 Å². The van der Waals surface area contributed by atoms with Crippen LogP contribution in [0, 0.1) is 5.92 Å². The fourth-order valence-corrected chi connectivity index (χ4v) is 1.07. The minimum absolute atomic E-state index is 0.262. The highest BCUT2D eigenvalue weighted by Crippen LogP contribution is 2.22. The maximum Gasteiger partial charge on any atom is 0.307 e. The third-order valence-electron chi connectivity index (χ3n) is 2.29. The molecule has 0 aromatic carbocycles. The third kappa shape index (κ3) is 2.76. The topological polar surface area (TPSA) is 85.5 Å². The molecule has 0 amide bonds. The van der Waals surface area contributed by atoms with Gasteiger partial charge in [0.1, 0.15) is 6.61 Å². The van der Waals surface area contributed by atoms with E-state index in [-0.39, 0.29) is 12.5 Å². The molecule has 2 atom stereocenters. The van der Waals surface area contributed by atoms with Crippen molar-refractivity contribution >= 4 is 5.97 Å². The molecule has 0 spiro atoms. The van der Waals surface area contributed by atoms with Gasteiger partial charge >= 0.3 is 5.97 Å². The van der Waals surface area contributed by atoms with Crippen molar-refractivity contribution in [3.05, 3.63) is 11.7 Å². The zero-order chi connectivity index (χ0) is 11.4. The summed E-state index contributed by atoms with van der Waals surface area (Å²) in [6.07, 6.45) is 0. The fourth-order valence-electron chi connectivity index (χ4n) is 1.07. The van der Waals surface area contributed by atoms with Crippen LogP contribution in [0.15, 0.2) is 4.52 Å². The molecule has 6 nitrogen and oxygen atoms in total. The molecule has 0 aliphatic rings. The third-order valence-corrected chi connectivity index (χ3v) is 2.29. The van der Waals surface area contributed by atoms with E-state index in [1.165, 1.54) is 7.11 Å². The van der Waals surface area contributed by atoms with Gasteiger partial charge < -0.3 is 14.4 Å². The zero-order valence-electron chi connectivity index (χ0n) is 8.93. The predicted octanol–water partition coefficient (Wildman–Crippen LogP) is 1.04. The molecule has 1 aromatic rings. The van der Waals surface area contributed by atoms with Crippen LogP contribution in [0.4, 0.5) is 0 Å². The lowest BCUT2D eigenvalue weighted by atomic mass is 9.96. The Kier molecular flexibility index (Phi) is 3.79. The number of methoxy groups -OCH3 is 1. The van der Waals surface area contributed by atoms with Crippen LogP contribution < -0.4 is 0 Å². The number of nitrogens with zero attached hydrogens (tertiary/aromatic N) is 2. The van der Waals surface area contributed by atoms with E-state index in [1.807, 2.05) is 0 Å². The van der Waals surface area contributed by atoms with Gasteiger partial charge in [-0.05, 0) is 0 Å². The van der Waals surface area contributed by atoms with Gasteiger partial charge in [0.25, 0.3) is 0 Å². The summed E-state index contributed by atoms with van der Waals surface area (Å²) in [6.45, 7) is 3.60. The summed E-state index contributed by atoms with van der Waals surface area (Å²) >= 11 is 0. The summed E-state index contributed by atoms with van der Waals surface area (Å²) < 4.78 is 9.77. The molecule has 6 heteroatoms. The molecule has 0 fully saturated rings. The first-order valence-electron chi connectivity index (χ1n) is 4.60. The van der Waals surface area contributed by atoms with Crippen molar-refractivity contribution in [2.45, 2.75) is 26.4 Å². The molecule has 0 aliphatic heterocycles. The highest BCUT2D eigenvalue weighted by atomic mass is 16.5. The molecule has 0 bridgehead atoms. The smallest absolute Gasteiger partial charge is 0.307 e. The normalized spacial score (nSPS) is 14.9. The second kappa shape index (κ2) is 4.88. The van der Waals surface area contributed by atoms with Crippen LogP contribution in [0.2, 0.25) is 0 Å². The summed E-state index contributed by atoms with van der Waals surface area (Å²) in [4.78, 5) is 14.8. The molecule has 2 unspecified atom stereocenters. The maximum absolute atomic E-state index is 10.7. The maximum atomic E-state index is 10.7. The number of carboxylic acids is 1. The standard InChI is InChI=1S/C9H14N2O4/c1-5(6(2)9(12)13)8-10-7(4-14-3)11-15-8/h5-6H,4H2,1-3H3,(H,12,13). The summed E-state index contributed by atoms with van der Waals surface area (Å²) in [5, 5.41) is 12.5. The van der Waals surface area contributed by atoms with Gasteiger partial charge in [0, 0.05) is 13.0 Å². The van der Waals surface area contributed by atoms with Gasteiger partial charge in [0.2, 0.25) is 5.89 Å². The minimum Gasteiger partial charge on any atom is -0.481 e. The van der Waals surface area contributed by atoms with Gasteiger partial charge in [-0.15, -0.1) is 0 Å². The summed E-state index contributed by atoms with van der Waals surface area (Å²) in [7, 11) is 1.53. The SMILES string of the molecule is COCc1noc(C(C)C(C)C(=O)O)n1. The molecule has 1 N–H and O–H groups in total. The van der Waals surface area contributed by atoms with Crippen LogP contribution in [-0.2, 0) is 16.1 Å². The van der Waals surface area contributed by atoms with Crippen LogP contribution in [0.5, 0.6) is 0 Å². The largest absolute Gasteiger partial charge is 0.481 e. The number of hydrogen-bond acceptors (Lipinski definition) is 5. The zero-order valence-corrected chi connectivity index (χ0v) is 8.93. The lowest BCUT2D eigenvalue weighted by Crippen LogP contribution is -2.16. The van der Waals surface area contributed by atoms with Crippen molar-refractivity contribution in [2.75, 3.05) is 7.11 Å². The molecular formula is C9H14N2O4. The van der Waals surface area contributed by atoms with Crippen LogP contribution in [-0.4, -0.2) is 28.3 Å². The lowest BCUT2D eigenvalue weighted by Gasteiger charge is -2.10. The first kappa shape index (κ1) is 11.6. The van der Waals surface area contributed by atoms with Crippen LogP contribution in [0.1, 0.15) is 31.5 Å². The summed E-state index contributed by atoms with van der Waals surface area (Å²) in [6, 6.07) is 0. The van der Waals surface area contributed by atoms with Crippen molar-refractivity contribution < 1.29 is 19.2 Å². The summed E-state index contributed by atoms with van der Waals surface area (Å²) in [5.41, 5.74) is 0. The number of aromatic nitrogens is 2. The second-order valence-electron chi connectivity index (χ2n) is 3.40. The van der Waals surface area contributed by atoms with E-state index < -0.39 is 11.9 Å². The first-order chi connectivity index (χ1) is 7.06. The van der Waals surface area contributed by atoms with Gasteiger partial charge in [-0.2, -0.15) is 4.98 Å². The van der Waals surface area contributed by atoms with Crippen molar-refractivity contribution in [3.8, 4) is 0 Å². The van der Waals surface area contributed by atoms with Gasteiger partial charge in [-0.1, -0.05) is 19.0 Å². The Bertz CT molecular complexity index is 337. The summed E-state index contributed by atoms with van der Waals surface area (Å²) in [5.74, 6) is -0.982. The van der Waals surface area contributed by atoms with Crippen molar-refractivity contribution in [3.63, 3.8) is 0 Å². The molecule has 0 saturated heterocycles. The van der Waals surface area contributed by atoms with E-state index in [9.17, 15) is 4.79 Å². The van der Waals surface area contributed by atoms with E-state index in [0.29, 0.717) is 11.7 Å². The fraction of sp³-hybridized carbons (Fsp3) is 0.667. The first-order valence-corrected chi connectivity index (χ1v) is 4.60. The predicted molar refractivity (Wildman–Crippen MR) is 50.2 cm³/mol. The molecular weight excluding hydrogens is 200 g/mol. The number of ether oxygens (including phenoxy) is 1. The Morgan fingerprint density at radius 3 is 2.80 bits per heavy atom. The van der Waals surface area contributed by atoms with Gasteiger partial charge in [-0.3, -0.25) is 4.79 Å². The van der Waals surface area contributed by atoms with E-state index in [1.54, 1.807) is 13.8 Å². The number of carbonyl (C=O) groups is 1. The molecule has 1 rings (SSSR count). The molecule has 84 valence electrons.